The average molecular weight is 434 g/mol. The number of carbonyl (C=O) groups excluding carboxylic acids is 2. The largest absolute Gasteiger partial charge is 0.491 e. The third-order valence-corrected chi connectivity index (χ3v) is 7.55. The second-order valence-corrected chi connectivity index (χ2v) is 9.38. The Morgan fingerprint density at radius 3 is 2.56 bits per heavy atom. The number of anilines is 1. The molecule has 1 aliphatic carbocycles. The van der Waals surface area contributed by atoms with Gasteiger partial charge in [-0.3, -0.25) is 9.59 Å². The molecule has 1 atom stereocenters. The van der Waals surface area contributed by atoms with Crippen LogP contribution in [0.25, 0.3) is 0 Å². The van der Waals surface area contributed by atoms with Crippen LogP contribution in [-0.2, 0) is 10.2 Å². The molecule has 1 amide bonds. The molecule has 1 spiro atoms. The van der Waals surface area contributed by atoms with Gasteiger partial charge in [0.25, 0.3) is 0 Å². The predicted molar refractivity (Wildman–Crippen MR) is 119 cm³/mol. The highest BCUT2D eigenvalue weighted by Crippen LogP contribution is 2.55. The first-order valence-electron chi connectivity index (χ1n) is 11.6. The monoisotopic (exact) mass is 433 g/mol. The number of ketones is 1. The van der Waals surface area contributed by atoms with Crippen LogP contribution >= 0.6 is 0 Å². The van der Waals surface area contributed by atoms with E-state index in [0.29, 0.717) is 48.4 Å². The molecule has 0 radical (unpaired) electrons. The van der Waals surface area contributed by atoms with E-state index in [4.69, 9.17) is 14.2 Å². The summed E-state index contributed by atoms with van der Waals surface area (Å²) in [6.07, 6.45) is 6.42. The molecule has 2 aromatic rings. The molecule has 2 aromatic carbocycles. The van der Waals surface area contributed by atoms with E-state index in [-0.39, 0.29) is 18.3 Å². The molecule has 3 aliphatic heterocycles. The molecule has 0 aromatic heterocycles. The molecule has 6 rings (SSSR count). The Balaban J connectivity index is 1.48. The molecular formula is C26H27NO5. The van der Waals surface area contributed by atoms with Crippen LogP contribution in [0.1, 0.15) is 60.0 Å². The van der Waals surface area contributed by atoms with Crippen molar-refractivity contribution in [2.45, 2.75) is 43.9 Å². The van der Waals surface area contributed by atoms with Gasteiger partial charge in [0.1, 0.15) is 31.0 Å². The number of hydrogen-bond acceptors (Lipinski definition) is 5. The highest BCUT2D eigenvalue weighted by molar-refractivity contribution is 6.15. The van der Waals surface area contributed by atoms with Crippen LogP contribution in [0.5, 0.6) is 17.2 Å². The number of rotatable bonds is 3. The fourth-order valence-corrected chi connectivity index (χ4v) is 5.94. The van der Waals surface area contributed by atoms with E-state index in [9.17, 15) is 9.59 Å². The average Bonchev–Trinajstić information content (AvgIpc) is 3.30. The Morgan fingerprint density at radius 2 is 1.78 bits per heavy atom. The molecule has 3 heterocycles. The van der Waals surface area contributed by atoms with Crippen LogP contribution in [-0.4, -0.2) is 38.6 Å². The lowest BCUT2D eigenvalue weighted by atomic mass is 9.73. The molecule has 6 heteroatoms. The van der Waals surface area contributed by atoms with E-state index in [1.165, 1.54) is 19.3 Å². The minimum Gasteiger partial charge on any atom is -0.491 e. The van der Waals surface area contributed by atoms with Gasteiger partial charge < -0.3 is 19.1 Å². The molecule has 0 saturated heterocycles. The number of Topliss-reactive ketones (excluding diaryl/α,β-unsaturated/α-hetero) is 1. The van der Waals surface area contributed by atoms with E-state index in [2.05, 4.69) is 0 Å². The second kappa shape index (κ2) is 7.26. The van der Waals surface area contributed by atoms with Gasteiger partial charge in [0, 0.05) is 41.9 Å². The van der Waals surface area contributed by atoms with Crippen molar-refractivity contribution in [3.05, 3.63) is 47.0 Å². The quantitative estimate of drug-likeness (QED) is 0.677. The van der Waals surface area contributed by atoms with Gasteiger partial charge in [0.2, 0.25) is 5.91 Å². The first-order chi connectivity index (χ1) is 15.6. The Kier molecular flexibility index (Phi) is 4.46. The lowest BCUT2D eigenvalue weighted by Gasteiger charge is -2.25. The van der Waals surface area contributed by atoms with Gasteiger partial charge >= 0.3 is 0 Å². The number of likely N-dealkylation sites (N-methyl/N-ethyl adjacent to an activating group) is 1. The Morgan fingerprint density at radius 1 is 1.03 bits per heavy atom. The van der Waals surface area contributed by atoms with E-state index >= 15 is 0 Å². The Labute approximate surface area is 187 Å². The first kappa shape index (κ1) is 19.6. The topological polar surface area (TPSA) is 65.1 Å². The molecule has 4 aliphatic rings. The second-order valence-electron chi connectivity index (χ2n) is 9.38. The van der Waals surface area contributed by atoms with Gasteiger partial charge in [-0.15, -0.1) is 0 Å². The summed E-state index contributed by atoms with van der Waals surface area (Å²) in [6.45, 7) is 1.13. The van der Waals surface area contributed by atoms with Crippen LogP contribution in [0.15, 0.2) is 30.3 Å². The highest BCUT2D eigenvalue weighted by atomic mass is 16.6. The lowest BCUT2D eigenvalue weighted by molar-refractivity contribution is -0.121. The number of nitrogens with zero attached hydrogens (tertiary/aromatic N) is 1. The van der Waals surface area contributed by atoms with Crippen LogP contribution in [0.2, 0.25) is 0 Å². The van der Waals surface area contributed by atoms with Crippen LogP contribution < -0.4 is 19.1 Å². The molecule has 1 fully saturated rings. The van der Waals surface area contributed by atoms with Crippen LogP contribution in [0.3, 0.4) is 0 Å². The van der Waals surface area contributed by atoms with Crippen molar-refractivity contribution in [3.8, 4) is 17.2 Å². The zero-order valence-electron chi connectivity index (χ0n) is 18.3. The van der Waals surface area contributed by atoms with Crippen molar-refractivity contribution in [2.24, 2.45) is 5.92 Å². The normalized spacial score (nSPS) is 23.8. The number of fused-ring (bicyclic) bond motifs is 5. The Hall–Kier alpha value is -3.02. The molecule has 32 heavy (non-hydrogen) atoms. The van der Waals surface area contributed by atoms with E-state index in [1.807, 2.05) is 30.3 Å². The summed E-state index contributed by atoms with van der Waals surface area (Å²) >= 11 is 0. The van der Waals surface area contributed by atoms with Gasteiger partial charge in [0.05, 0.1) is 0 Å². The molecule has 0 N–H and O–H groups in total. The van der Waals surface area contributed by atoms with Crippen molar-refractivity contribution in [2.75, 3.05) is 31.8 Å². The summed E-state index contributed by atoms with van der Waals surface area (Å²) in [5, 5.41) is 0. The fraction of sp³-hybridized carbons (Fsp3) is 0.462. The molecule has 1 saturated carbocycles. The number of amides is 1. The molecular weight excluding hydrogens is 406 g/mol. The van der Waals surface area contributed by atoms with E-state index < -0.39 is 5.41 Å². The summed E-state index contributed by atoms with van der Waals surface area (Å²) in [6, 6.07) is 9.39. The van der Waals surface area contributed by atoms with Crippen molar-refractivity contribution >= 4 is 17.4 Å². The SMILES string of the molecule is CN1C(=O)C2(COc3cc4c(cc32)OCCO4)c2c(C(=O)CC3CCCCC3)cccc21. The number of carbonyl (C=O) groups is 2. The standard InChI is InChI=1S/C26H27NO5/c1-27-19-9-5-8-17(20(28)12-16-6-3-2-4-7-16)24(19)26(25(27)29)15-32-21-14-23-22(13-18(21)26)30-10-11-31-23/h5,8-9,13-14,16H,2-4,6-7,10-12,15H2,1H3. The number of ether oxygens (including phenoxy) is 3. The van der Waals surface area contributed by atoms with E-state index in [1.54, 1.807) is 11.9 Å². The van der Waals surface area contributed by atoms with E-state index in [0.717, 1.165) is 29.7 Å². The maximum Gasteiger partial charge on any atom is 0.245 e. The van der Waals surface area contributed by atoms with Crippen LogP contribution in [0, 0.1) is 5.92 Å². The smallest absolute Gasteiger partial charge is 0.245 e. The molecule has 1 unspecified atom stereocenters. The minimum atomic E-state index is -1.03. The van der Waals surface area contributed by atoms with Gasteiger partial charge in [-0.05, 0) is 18.1 Å². The minimum absolute atomic E-state index is 0.0687. The van der Waals surface area contributed by atoms with Crippen molar-refractivity contribution in [1.82, 2.24) is 0 Å². The lowest BCUT2D eigenvalue weighted by Crippen LogP contribution is -2.41. The van der Waals surface area contributed by atoms with Gasteiger partial charge in [0.15, 0.2) is 17.3 Å². The number of benzene rings is 2. The summed E-state index contributed by atoms with van der Waals surface area (Å²) in [5.74, 6) is 2.37. The Bertz CT molecular complexity index is 1120. The molecule has 166 valence electrons. The zero-order valence-corrected chi connectivity index (χ0v) is 18.3. The third kappa shape index (κ3) is 2.71. The van der Waals surface area contributed by atoms with Crippen molar-refractivity contribution in [1.29, 1.82) is 0 Å². The van der Waals surface area contributed by atoms with Gasteiger partial charge in [-0.1, -0.05) is 44.2 Å². The van der Waals surface area contributed by atoms with Gasteiger partial charge in [-0.25, -0.2) is 0 Å². The van der Waals surface area contributed by atoms with Crippen LogP contribution in [0.4, 0.5) is 5.69 Å². The maximum absolute atomic E-state index is 13.7. The first-order valence-corrected chi connectivity index (χ1v) is 11.6. The zero-order chi connectivity index (χ0) is 21.9. The third-order valence-electron chi connectivity index (χ3n) is 7.55. The summed E-state index contributed by atoms with van der Waals surface area (Å²) < 4.78 is 17.6. The van der Waals surface area contributed by atoms with Crippen molar-refractivity contribution in [3.63, 3.8) is 0 Å². The predicted octanol–water partition coefficient (Wildman–Crippen LogP) is 4.27. The number of hydrogen-bond donors (Lipinski definition) is 0. The summed E-state index contributed by atoms with van der Waals surface area (Å²) in [5.41, 5.74) is 1.94. The maximum atomic E-state index is 13.7. The summed E-state index contributed by atoms with van der Waals surface area (Å²) in [4.78, 5) is 29.0. The van der Waals surface area contributed by atoms with Gasteiger partial charge in [-0.2, -0.15) is 0 Å². The fourth-order valence-electron chi connectivity index (χ4n) is 5.94. The molecule has 6 nitrogen and oxygen atoms in total. The molecule has 0 bridgehead atoms. The summed E-state index contributed by atoms with van der Waals surface area (Å²) in [7, 11) is 1.78. The van der Waals surface area contributed by atoms with Crippen molar-refractivity contribution < 1.29 is 23.8 Å². The highest BCUT2D eigenvalue weighted by Gasteiger charge is 2.58.